The Labute approximate surface area is 151 Å². The van der Waals surface area contributed by atoms with Crippen LogP contribution in [0.4, 0.5) is 0 Å². The maximum Gasteiger partial charge on any atom is 0.337 e. The van der Waals surface area contributed by atoms with Crippen LogP contribution in [0, 0.1) is 11.8 Å². The summed E-state index contributed by atoms with van der Waals surface area (Å²) in [5.74, 6) is 1.26. The Balaban J connectivity index is 0.00000146. The largest absolute Gasteiger partial charge is 1.00 e. The van der Waals surface area contributed by atoms with E-state index in [9.17, 15) is 4.79 Å². The predicted molar refractivity (Wildman–Crippen MR) is 85.1 cm³/mol. The SMILES string of the molecule is COC(=O)c1ccc2c(c1)[C@@H]1c3cccc[n+]3[C@H]2[C@@H]2CC=C[C@H]12.[Br-]. The van der Waals surface area contributed by atoms with Gasteiger partial charge in [0.25, 0.3) is 0 Å². The van der Waals surface area contributed by atoms with Crippen molar-refractivity contribution in [3.63, 3.8) is 0 Å². The third kappa shape index (κ3) is 1.89. The number of benzene rings is 1. The fourth-order valence-electron chi connectivity index (χ4n) is 4.89. The van der Waals surface area contributed by atoms with Crippen molar-refractivity contribution in [1.29, 1.82) is 0 Å². The molecule has 0 spiro atoms. The van der Waals surface area contributed by atoms with Gasteiger partial charge in [0.1, 0.15) is 0 Å². The third-order valence-electron chi connectivity index (χ3n) is 5.75. The van der Waals surface area contributed by atoms with Crippen LogP contribution in [0.15, 0.2) is 54.7 Å². The minimum absolute atomic E-state index is 0. The Morgan fingerprint density at radius 2 is 2.08 bits per heavy atom. The zero-order chi connectivity index (χ0) is 15.6. The number of halogens is 1. The van der Waals surface area contributed by atoms with E-state index >= 15 is 0 Å². The summed E-state index contributed by atoms with van der Waals surface area (Å²) in [5, 5.41) is 0. The Morgan fingerprint density at radius 3 is 2.92 bits per heavy atom. The van der Waals surface area contributed by atoms with E-state index < -0.39 is 0 Å². The Morgan fingerprint density at radius 1 is 1.21 bits per heavy atom. The van der Waals surface area contributed by atoms with Gasteiger partial charge < -0.3 is 21.7 Å². The van der Waals surface area contributed by atoms with Gasteiger partial charge in [0, 0.05) is 29.5 Å². The number of ether oxygens (including phenoxy) is 1. The lowest BCUT2D eigenvalue weighted by Gasteiger charge is -2.43. The van der Waals surface area contributed by atoms with Crippen LogP contribution in [0.2, 0.25) is 0 Å². The lowest BCUT2D eigenvalue weighted by Crippen LogP contribution is -3.00. The number of nitrogens with zero attached hydrogens (tertiary/aromatic N) is 1. The summed E-state index contributed by atoms with van der Waals surface area (Å²) in [6.45, 7) is 0. The van der Waals surface area contributed by atoms with E-state index in [2.05, 4.69) is 53.2 Å². The van der Waals surface area contributed by atoms with Gasteiger partial charge in [-0.1, -0.05) is 24.3 Å². The van der Waals surface area contributed by atoms with Crippen LogP contribution in [0.1, 0.15) is 45.6 Å². The first-order chi connectivity index (χ1) is 11.3. The molecule has 6 rings (SSSR count). The maximum absolute atomic E-state index is 11.9. The highest BCUT2D eigenvalue weighted by molar-refractivity contribution is 5.89. The molecule has 122 valence electrons. The molecule has 4 atom stereocenters. The van der Waals surface area contributed by atoms with E-state index in [0.717, 1.165) is 6.42 Å². The fourth-order valence-corrected chi connectivity index (χ4v) is 4.89. The number of hydrogen-bond acceptors (Lipinski definition) is 2. The Kier molecular flexibility index (Phi) is 3.61. The topological polar surface area (TPSA) is 30.2 Å². The molecule has 0 fully saturated rings. The van der Waals surface area contributed by atoms with Gasteiger partial charge in [-0.15, -0.1) is 0 Å². The van der Waals surface area contributed by atoms with E-state index in [4.69, 9.17) is 4.74 Å². The molecule has 0 saturated heterocycles. The molecular formula is C20H18BrNO2. The Bertz CT molecular complexity index is 860. The predicted octanol–water partition coefficient (Wildman–Crippen LogP) is 0.00530. The summed E-state index contributed by atoms with van der Waals surface area (Å²) in [6, 6.07) is 12.9. The number of hydrogen-bond donors (Lipinski definition) is 0. The second-order valence-corrected chi connectivity index (χ2v) is 6.70. The molecule has 0 radical (unpaired) electrons. The van der Waals surface area contributed by atoms with Crippen molar-refractivity contribution in [2.45, 2.75) is 18.4 Å². The molecule has 3 nitrogen and oxygen atoms in total. The minimum atomic E-state index is -0.256. The Hall–Kier alpha value is -1.94. The van der Waals surface area contributed by atoms with Gasteiger partial charge in [0.05, 0.1) is 18.6 Å². The maximum atomic E-state index is 11.9. The van der Waals surface area contributed by atoms with Crippen molar-refractivity contribution < 1.29 is 31.1 Å². The van der Waals surface area contributed by atoms with E-state index in [1.54, 1.807) is 0 Å². The highest BCUT2D eigenvalue weighted by atomic mass is 79.9. The van der Waals surface area contributed by atoms with Crippen molar-refractivity contribution in [3.05, 3.63) is 77.1 Å². The normalized spacial score (nSPS) is 27.7. The lowest BCUT2D eigenvalue weighted by molar-refractivity contribution is -0.739. The summed E-state index contributed by atoms with van der Waals surface area (Å²) in [4.78, 5) is 11.9. The number of aromatic nitrogens is 1. The number of rotatable bonds is 1. The second kappa shape index (κ2) is 5.55. The number of esters is 1. The molecule has 1 aromatic heterocycles. The first-order valence-electron chi connectivity index (χ1n) is 8.18. The van der Waals surface area contributed by atoms with Crippen LogP contribution in [-0.4, -0.2) is 13.1 Å². The zero-order valence-electron chi connectivity index (χ0n) is 13.4. The summed E-state index contributed by atoms with van der Waals surface area (Å²) in [6.07, 6.45) is 8.06. The van der Waals surface area contributed by atoms with Crippen LogP contribution >= 0.6 is 0 Å². The summed E-state index contributed by atoms with van der Waals surface area (Å²) < 4.78 is 7.35. The third-order valence-corrected chi connectivity index (χ3v) is 5.75. The van der Waals surface area contributed by atoms with Crippen LogP contribution in [0.3, 0.4) is 0 Å². The monoisotopic (exact) mass is 383 g/mol. The van der Waals surface area contributed by atoms with E-state index in [-0.39, 0.29) is 23.0 Å². The van der Waals surface area contributed by atoms with Gasteiger partial charge in [0.15, 0.2) is 17.9 Å². The summed E-state index contributed by atoms with van der Waals surface area (Å²) in [5.41, 5.74) is 4.69. The molecule has 0 amide bonds. The van der Waals surface area contributed by atoms with Gasteiger partial charge in [-0.05, 0) is 24.1 Å². The summed E-state index contributed by atoms with van der Waals surface area (Å²) in [7, 11) is 1.44. The van der Waals surface area contributed by atoms with Crippen molar-refractivity contribution >= 4 is 5.97 Å². The number of carbonyl (C=O) groups excluding carboxylic acids is 1. The molecule has 0 unspecified atom stereocenters. The fraction of sp³-hybridized carbons (Fsp3) is 0.300. The highest BCUT2D eigenvalue weighted by Gasteiger charge is 2.55. The van der Waals surface area contributed by atoms with Crippen molar-refractivity contribution in [2.24, 2.45) is 11.8 Å². The standard InChI is InChI=1S/C20H18NO2.BrH/c1-23-20(22)12-8-9-15-16(11-12)18-13-5-4-6-14(13)19(15)21-10-3-2-7-17(18)21;/h2-5,7-11,13-14,18-19H,6H2,1H3;1H/q+1;/p-1/t13-,14+,18+,19-;/m0./s1. The van der Waals surface area contributed by atoms with Gasteiger partial charge in [0.2, 0.25) is 0 Å². The highest BCUT2D eigenvalue weighted by Crippen LogP contribution is 2.55. The van der Waals surface area contributed by atoms with Crippen molar-refractivity contribution in [1.82, 2.24) is 0 Å². The van der Waals surface area contributed by atoms with Crippen molar-refractivity contribution in [3.8, 4) is 0 Å². The number of allylic oxidation sites excluding steroid dienone is 2. The molecular weight excluding hydrogens is 366 g/mol. The quantitative estimate of drug-likeness (QED) is 0.394. The average Bonchev–Trinajstić information content (AvgIpc) is 3.10. The smallest absolute Gasteiger partial charge is 0.337 e. The molecule has 0 N–H and O–H groups in total. The molecule has 4 heteroatoms. The zero-order valence-corrected chi connectivity index (χ0v) is 14.9. The molecule has 2 bridgehead atoms. The van der Waals surface area contributed by atoms with Gasteiger partial charge in [-0.3, -0.25) is 0 Å². The molecule has 1 aromatic carbocycles. The van der Waals surface area contributed by atoms with E-state index in [0.29, 0.717) is 29.4 Å². The number of methoxy groups -OCH3 is 1. The number of carbonyl (C=O) groups is 1. The van der Waals surface area contributed by atoms with Crippen molar-refractivity contribution in [2.75, 3.05) is 7.11 Å². The average molecular weight is 384 g/mol. The van der Waals surface area contributed by atoms with E-state index in [1.165, 1.54) is 23.9 Å². The number of pyridine rings is 1. The van der Waals surface area contributed by atoms with Crippen LogP contribution in [-0.2, 0) is 4.74 Å². The molecule has 3 heterocycles. The van der Waals surface area contributed by atoms with Gasteiger partial charge in [-0.2, -0.15) is 4.57 Å². The van der Waals surface area contributed by atoms with Crippen LogP contribution in [0.25, 0.3) is 0 Å². The van der Waals surface area contributed by atoms with Crippen LogP contribution in [0.5, 0.6) is 0 Å². The van der Waals surface area contributed by atoms with Gasteiger partial charge in [-0.25, -0.2) is 4.79 Å². The molecule has 24 heavy (non-hydrogen) atoms. The molecule has 4 aliphatic rings. The first-order valence-corrected chi connectivity index (χ1v) is 8.18. The molecule has 2 aromatic rings. The molecule has 2 aliphatic heterocycles. The first kappa shape index (κ1) is 15.6. The summed E-state index contributed by atoms with van der Waals surface area (Å²) >= 11 is 0. The second-order valence-electron chi connectivity index (χ2n) is 6.70. The lowest BCUT2D eigenvalue weighted by atomic mass is 9.63. The van der Waals surface area contributed by atoms with Crippen LogP contribution < -0.4 is 21.5 Å². The molecule has 0 saturated carbocycles. The van der Waals surface area contributed by atoms with E-state index in [1.807, 2.05) is 6.07 Å². The van der Waals surface area contributed by atoms with Gasteiger partial charge >= 0.3 is 5.97 Å². The molecule has 2 aliphatic carbocycles. The minimum Gasteiger partial charge on any atom is -1.00 e.